The van der Waals surface area contributed by atoms with Crippen LogP contribution >= 0.6 is 23.1 Å². The van der Waals surface area contributed by atoms with Crippen LogP contribution < -0.4 is 4.74 Å². The molecule has 0 aliphatic carbocycles. The second-order valence-corrected chi connectivity index (χ2v) is 8.18. The molecule has 0 N–H and O–H groups in total. The molecular formula is C20H18N2O5S2. The Labute approximate surface area is 175 Å². The number of rotatable bonds is 8. The van der Waals surface area contributed by atoms with Gasteiger partial charge < -0.3 is 9.47 Å². The van der Waals surface area contributed by atoms with Gasteiger partial charge in [0.05, 0.1) is 24.2 Å². The monoisotopic (exact) mass is 430 g/mol. The van der Waals surface area contributed by atoms with E-state index in [1.54, 1.807) is 13.2 Å². The van der Waals surface area contributed by atoms with Crippen molar-refractivity contribution in [2.75, 3.05) is 13.7 Å². The van der Waals surface area contributed by atoms with Crippen molar-refractivity contribution in [2.24, 2.45) is 0 Å². The van der Waals surface area contributed by atoms with Crippen LogP contribution in [0.15, 0.2) is 57.1 Å². The normalized spacial score (nSPS) is 10.6. The van der Waals surface area contributed by atoms with Gasteiger partial charge in [-0.05, 0) is 30.7 Å². The van der Waals surface area contributed by atoms with E-state index in [1.165, 1.54) is 35.2 Å². The maximum atomic E-state index is 12.6. The summed E-state index contributed by atoms with van der Waals surface area (Å²) in [5.74, 6) is 0.152. The Hall–Kier alpha value is -2.91. The third-order valence-electron chi connectivity index (χ3n) is 3.97. The van der Waals surface area contributed by atoms with Crippen LogP contribution in [0.3, 0.4) is 0 Å². The number of hydrogen-bond acceptors (Lipinski definition) is 8. The molecule has 1 heterocycles. The van der Waals surface area contributed by atoms with Gasteiger partial charge in [0.25, 0.3) is 5.69 Å². The number of methoxy groups -OCH3 is 1. The fraction of sp³-hybridized carbons (Fsp3) is 0.200. The van der Waals surface area contributed by atoms with Crippen molar-refractivity contribution in [1.82, 2.24) is 4.98 Å². The van der Waals surface area contributed by atoms with E-state index >= 15 is 0 Å². The highest BCUT2D eigenvalue weighted by Gasteiger charge is 2.19. The van der Waals surface area contributed by atoms with E-state index in [0.29, 0.717) is 11.3 Å². The number of carbonyl (C=O) groups is 1. The summed E-state index contributed by atoms with van der Waals surface area (Å²) in [6.07, 6.45) is 0.527. The van der Waals surface area contributed by atoms with Crippen LogP contribution in [-0.2, 0) is 11.2 Å². The Morgan fingerprint density at radius 1 is 1.24 bits per heavy atom. The van der Waals surface area contributed by atoms with Crippen molar-refractivity contribution >= 4 is 34.8 Å². The van der Waals surface area contributed by atoms with E-state index in [0.717, 1.165) is 21.3 Å². The van der Waals surface area contributed by atoms with E-state index in [2.05, 4.69) is 4.98 Å². The van der Waals surface area contributed by atoms with E-state index in [9.17, 15) is 14.9 Å². The third kappa shape index (κ3) is 5.55. The topological polar surface area (TPSA) is 91.6 Å². The van der Waals surface area contributed by atoms with Crippen molar-refractivity contribution in [3.8, 4) is 5.75 Å². The minimum absolute atomic E-state index is 0.159. The number of benzene rings is 2. The first-order chi connectivity index (χ1) is 14.0. The smallest absolute Gasteiger partial charge is 0.339 e. The lowest BCUT2D eigenvalue weighted by atomic mass is 10.1. The van der Waals surface area contributed by atoms with Gasteiger partial charge >= 0.3 is 5.97 Å². The fourth-order valence-corrected chi connectivity index (χ4v) is 4.38. The molecule has 3 aromatic rings. The number of carbonyl (C=O) groups excluding carboxylic acids is 1. The summed E-state index contributed by atoms with van der Waals surface area (Å²) in [6, 6.07) is 11.6. The van der Waals surface area contributed by atoms with Gasteiger partial charge in [-0.15, -0.1) is 11.3 Å². The maximum Gasteiger partial charge on any atom is 0.339 e. The predicted molar refractivity (Wildman–Crippen MR) is 111 cm³/mol. The van der Waals surface area contributed by atoms with Crippen LogP contribution in [0.5, 0.6) is 5.75 Å². The van der Waals surface area contributed by atoms with Crippen molar-refractivity contribution in [2.45, 2.75) is 22.6 Å². The highest BCUT2D eigenvalue weighted by atomic mass is 32.2. The Kier molecular flexibility index (Phi) is 6.84. The van der Waals surface area contributed by atoms with Crippen LogP contribution in [0.2, 0.25) is 0 Å². The van der Waals surface area contributed by atoms with Crippen molar-refractivity contribution in [3.63, 3.8) is 0 Å². The lowest BCUT2D eigenvalue weighted by molar-refractivity contribution is -0.384. The van der Waals surface area contributed by atoms with Gasteiger partial charge in [-0.25, -0.2) is 9.78 Å². The van der Waals surface area contributed by atoms with Gasteiger partial charge in [0.15, 0.2) is 4.34 Å². The van der Waals surface area contributed by atoms with Crippen LogP contribution in [0.1, 0.15) is 21.6 Å². The lowest BCUT2D eigenvalue weighted by Crippen LogP contribution is -2.10. The number of hydrogen-bond donors (Lipinski definition) is 0. The van der Waals surface area contributed by atoms with Crippen molar-refractivity contribution in [1.29, 1.82) is 0 Å². The number of esters is 1. The Morgan fingerprint density at radius 3 is 2.62 bits per heavy atom. The summed E-state index contributed by atoms with van der Waals surface area (Å²) in [6.45, 7) is 2.04. The molecular weight excluding hydrogens is 412 g/mol. The van der Waals surface area contributed by atoms with Gasteiger partial charge in [0.2, 0.25) is 0 Å². The molecule has 0 spiro atoms. The summed E-state index contributed by atoms with van der Waals surface area (Å²) in [5, 5.41) is 13.0. The number of nitrogens with zero attached hydrogens (tertiary/aromatic N) is 2. The molecule has 150 valence electrons. The second-order valence-electron chi connectivity index (χ2n) is 6.03. The first-order valence-corrected chi connectivity index (χ1v) is 10.3. The summed E-state index contributed by atoms with van der Waals surface area (Å²) in [4.78, 5) is 28.2. The summed E-state index contributed by atoms with van der Waals surface area (Å²) in [5.41, 5.74) is 1.87. The molecule has 1 aromatic heterocycles. The number of aryl methyl sites for hydroxylation is 1. The number of non-ortho nitro benzene ring substituents is 1. The molecule has 2 aromatic carbocycles. The molecule has 29 heavy (non-hydrogen) atoms. The molecule has 7 nitrogen and oxygen atoms in total. The van der Waals surface area contributed by atoms with E-state index < -0.39 is 10.9 Å². The Balaban J connectivity index is 1.72. The van der Waals surface area contributed by atoms with Crippen LogP contribution in [0.4, 0.5) is 5.69 Å². The first kappa shape index (κ1) is 20.8. The molecule has 0 unspecified atom stereocenters. The zero-order valence-corrected chi connectivity index (χ0v) is 17.4. The largest absolute Gasteiger partial charge is 0.497 e. The molecule has 0 saturated heterocycles. The van der Waals surface area contributed by atoms with E-state index in [1.807, 2.05) is 36.6 Å². The highest BCUT2D eigenvalue weighted by Crippen LogP contribution is 2.34. The molecule has 0 amide bonds. The zero-order chi connectivity index (χ0) is 20.8. The Bertz CT molecular complexity index is 1020. The van der Waals surface area contributed by atoms with E-state index in [4.69, 9.17) is 9.47 Å². The average molecular weight is 431 g/mol. The van der Waals surface area contributed by atoms with Crippen LogP contribution in [0, 0.1) is 17.0 Å². The molecule has 3 rings (SSSR count). The zero-order valence-electron chi connectivity index (χ0n) is 15.8. The second kappa shape index (κ2) is 9.53. The van der Waals surface area contributed by atoms with Gasteiger partial charge in [-0.1, -0.05) is 23.9 Å². The summed E-state index contributed by atoms with van der Waals surface area (Å²) in [7, 11) is 1.60. The lowest BCUT2D eigenvalue weighted by Gasteiger charge is -2.09. The minimum Gasteiger partial charge on any atom is -0.497 e. The van der Waals surface area contributed by atoms with Gasteiger partial charge in [0.1, 0.15) is 5.75 Å². The number of thiazole rings is 1. The molecule has 9 heteroatoms. The molecule has 0 aliphatic heterocycles. The Morgan fingerprint density at radius 2 is 2.00 bits per heavy atom. The van der Waals surface area contributed by atoms with Crippen molar-refractivity contribution in [3.05, 3.63) is 74.8 Å². The summed E-state index contributed by atoms with van der Waals surface area (Å²) >= 11 is 2.74. The van der Waals surface area contributed by atoms with Gasteiger partial charge in [0, 0.05) is 34.5 Å². The molecule has 0 fully saturated rings. The first-order valence-electron chi connectivity index (χ1n) is 8.64. The predicted octanol–water partition coefficient (Wildman–Crippen LogP) is 4.92. The van der Waals surface area contributed by atoms with Crippen LogP contribution in [-0.4, -0.2) is 29.6 Å². The van der Waals surface area contributed by atoms with Crippen LogP contribution in [0.25, 0.3) is 0 Å². The average Bonchev–Trinajstić information content (AvgIpc) is 3.13. The SMILES string of the molecule is COc1ccc(CCOC(=O)c2cc([N+](=O)[O-])ccc2Sc2nc(C)cs2)cc1. The molecule has 0 bridgehead atoms. The van der Waals surface area contributed by atoms with E-state index in [-0.39, 0.29) is 17.9 Å². The summed E-state index contributed by atoms with van der Waals surface area (Å²) < 4.78 is 11.3. The molecule has 0 radical (unpaired) electrons. The quantitative estimate of drug-likeness (QED) is 0.284. The number of nitro groups is 1. The molecule has 0 aliphatic rings. The minimum atomic E-state index is -0.599. The fourth-order valence-electron chi connectivity index (χ4n) is 2.48. The molecule has 0 saturated carbocycles. The van der Waals surface area contributed by atoms with Crippen molar-refractivity contribution < 1.29 is 19.2 Å². The molecule has 0 atom stereocenters. The maximum absolute atomic E-state index is 12.6. The number of nitro benzene ring substituents is 1. The highest BCUT2D eigenvalue weighted by molar-refractivity contribution is 8.01. The standard InChI is InChI=1S/C20H18N2O5S2/c1-13-12-28-20(21-13)29-18-8-5-15(22(24)25)11-17(18)19(23)27-10-9-14-3-6-16(26-2)7-4-14/h3-8,11-12H,9-10H2,1-2H3. The number of aromatic nitrogens is 1. The van der Waals surface area contributed by atoms with Gasteiger partial charge in [-0.3, -0.25) is 10.1 Å². The van der Waals surface area contributed by atoms with Gasteiger partial charge in [-0.2, -0.15) is 0 Å². The third-order valence-corrected chi connectivity index (χ3v) is 6.10. The number of ether oxygens (including phenoxy) is 2.